The van der Waals surface area contributed by atoms with E-state index in [4.69, 9.17) is 9.51 Å². The van der Waals surface area contributed by atoms with E-state index in [1.807, 2.05) is 24.3 Å². The van der Waals surface area contributed by atoms with E-state index in [2.05, 4.69) is 56.6 Å². The molecule has 0 amide bonds. The molecule has 168 valence electrons. The molecule has 0 saturated carbocycles. The van der Waals surface area contributed by atoms with Gasteiger partial charge in [-0.15, -0.1) is 0 Å². The molecular formula is C23H33N5O2S. The number of benzene rings is 1. The predicted molar refractivity (Wildman–Crippen MR) is 125 cm³/mol. The number of thioether (sulfide) groups is 1. The topological polar surface area (TPSA) is 77.0 Å². The largest absolute Gasteiger partial charge is 0.338 e. The fourth-order valence-corrected chi connectivity index (χ4v) is 4.57. The maximum Gasteiger partial charge on any atom is 0.262 e. The number of hydrogen-bond donors (Lipinski definition) is 0. The van der Waals surface area contributed by atoms with E-state index in [1.54, 1.807) is 4.57 Å². The molecule has 0 aliphatic heterocycles. The highest BCUT2D eigenvalue weighted by molar-refractivity contribution is 7.98. The molecule has 3 rings (SSSR count). The molecule has 0 spiro atoms. The highest BCUT2D eigenvalue weighted by Crippen LogP contribution is 2.22. The lowest BCUT2D eigenvalue weighted by atomic mass is 10.1. The van der Waals surface area contributed by atoms with Gasteiger partial charge < -0.3 is 4.52 Å². The summed E-state index contributed by atoms with van der Waals surface area (Å²) in [6, 6.07) is 8.31. The molecule has 0 atom stereocenters. The quantitative estimate of drug-likeness (QED) is 0.340. The fraction of sp³-hybridized carbons (Fsp3) is 0.565. The van der Waals surface area contributed by atoms with Gasteiger partial charge in [0.1, 0.15) is 0 Å². The number of nitrogens with zero attached hydrogens (tertiary/aromatic N) is 5. The van der Waals surface area contributed by atoms with Crippen LogP contribution in [0.3, 0.4) is 0 Å². The Kier molecular flexibility index (Phi) is 7.89. The number of para-hydroxylation sites is 1. The molecule has 31 heavy (non-hydrogen) atoms. The van der Waals surface area contributed by atoms with Gasteiger partial charge in [-0.2, -0.15) is 4.98 Å². The van der Waals surface area contributed by atoms with Gasteiger partial charge in [-0.1, -0.05) is 42.9 Å². The van der Waals surface area contributed by atoms with Gasteiger partial charge in [0.2, 0.25) is 5.89 Å². The van der Waals surface area contributed by atoms with Crippen LogP contribution in [-0.2, 0) is 18.7 Å². The van der Waals surface area contributed by atoms with Crippen molar-refractivity contribution in [1.82, 2.24) is 24.6 Å². The van der Waals surface area contributed by atoms with Gasteiger partial charge in [-0.05, 0) is 45.7 Å². The summed E-state index contributed by atoms with van der Waals surface area (Å²) >= 11 is 1.47. The van der Waals surface area contributed by atoms with Crippen LogP contribution in [0.2, 0.25) is 0 Å². The molecule has 2 heterocycles. The lowest BCUT2D eigenvalue weighted by Crippen LogP contribution is -2.40. The molecule has 0 aliphatic carbocycles. The molecule has 2 aromatic heterocycles. The zero-order chi connectivity index (χ0) is 22.5. The highest BCUT2D eigenvalue weighted by atomic mass is 32.2. The molecule has 0 unspecified atom stereocenters. The summed E-state index contributed by atoms with van der Waals surface area (Å²) in [4.78, 5) is 24.9. The minimum absolute atomic E-state index is 0.00779. The second kappa shape index (κ2) is 10.4. The molecule has 0 radical (unpaired) electrons. The van der Waals surface area contributed by atoms with E-state index in [-0.39, 0.29) is 5.56 Å². The molecule has 7 nitrogen and oxygen atoms in total. The van der Waals surface area contributed by atoms with Crippen LogP contribution >= 0.6 is 11.8 Å². The first kappa shape index (κ1) is 23.5. The zero-order valence-electron chi connectivity index (χ0n) is 19.3. The van der Waals surface area contributed by atoms with Gasteiger partial charge in [0.05, 0.1) is 16.7 Å². The van der Waals surface area contributed by atoms with Crippen molar-refractivity contribution in [3.8, 4) is 0 Å². The summed E-state index contributed by atoms with van der Waals surface area (Å²) in [5.74, 6) is 2.23. The number of hydrogen-bond acceptors (Lipinski definition) is 7. The van der Waals surface area contributed by atoms with Gasteiger partial charge in [0, 0.05) is 31.6 Å². The Morgan fingerprint density at radius 3 is 2.45 bits per heavy atom. The van der Waals surface area contributed by atoms with Gasteiger partial charge in [-0.3, -0.25) is 14.3 Å². The van der Waals surface area contributed by atoms with Crippen molar-refractivity contribution in [2.24, 2.45) is 5.92 Å². The summed E-state index contributed by atoms with van der Waals surface area (Å²) in [5, 5.41) is 5.39. The van der Waals surface area contributed by atoms with Crippen LogP contribution in [0.25, 0.3) is 10.9 Å². The Labute approximate surface area is 188 Å². The van der Waals surface area contributed by atoms with Crippen molar-refractivity contribution in [2.75, 3.05) is 6.54 Å². The van der Waals surface area contributed by atoms with Crippen LogP contribution < -0.4 is 5.56 Å². The maximum absolute atomic E-state index is 13.3. The standard InChI is InChI=1S/C23H33N5O2S/c1-15(2)13-20-25-21(30-26-20)14-31-23-24-19-10-8-7-9-18(19)22(29)28(23)12-11-27(16(3)4)17(5)6/h7-10,15-17H,11-14H2,1-6H3. The van der Waals surface area contributed by atoms with Crippen molar-refractivity contribution in [3.05, 3.63) is 46.3 Å². The minimum Gasteiger partial charge on any atom is -0.338 e. The molecule has 3 aromatic rings. The monoisotopic (exact) mass is 443 g/mol. The van der Waals surface area contributed by atoms with E-state index < -0.39 is 0 Å². The summed E-state index contributed by atoms with van der Waals surface area (Å²) in [7, 11) is 0. The Morgan fingerprint density at radius 2 is 1.77 bits per heavy atom. The lowest BCUT2D eigenvalue weighted by Gasteiger charge is -2.30. The summed E-state index contributed by atoms with van der Waals surface area (Å²) in [5.41, 5.74) is 0.702. The van der Waals surface area contributed by atoms with Crippen LogP contribution in [0.4, 0.5) is 0 Å². The van der Waals surface area contributed by atoms with E-state index in [9.17, 15) is 4.79 Å². The van der Waals surface area contributed by atoms with Gasteiger partial charge in [0.25, 0.3) is 5.56 Å². The smallest absolute Gasteiger partial charge is 0.262 e. The first-order valence-electron chi connectivity index (χ1n) is 11.0. The van der Waals surface area contributed by atoms with Crippen molar-refractivity contribution in [2.45, 2.75) is 77.5 Å². The van der Waals surface area contributed by atoms with Gasteiger partial charge in [-0.25, -0.2) is 4.98 Å². The molecule has 0 fully saturated rings. The third-order valence-electron chi connectivity index (χ3n) is 5.16. The van der Waals surface area contributed by atoms with E-state index >= 15 is 0 Å². The van der Waals surface area contributed by atoms with Crippen molar-refractivity contribution < 1.29 is 4.52 Å². The highest BCUT2D eigenvalue weighted by Gasteiger charge is 2.17. The summed E-state index contributed by atoms with van der Waals surface area (Å²) in [6.07, 6.45) is 0.785. The van der Waals surface area contributed by atoms with Gasteiger partial charge >= 0.3 is 0 Å². The van der Waals surface area contributed by atoms with E-state index in [0.717, 1.165) is 18.8 Å². The number of aromatic nitrogens is 4. The average Bonchev–Trinajstić information content (AvgIpc) is 3.14. The van der Waals surface area contributed by atoms with Crippen LogP contribution in [0.15, 0.2) is 38.7 Å². The van der Waals surface area contributed by atoms with Crippen LogP contribution in [0.1, 0.15) is 53.3 Å². The Morgan fingerprint density at radius 1 is 1.06 bits per heavy atom. The molecule has 0 bridgehead atoms. The van der Waals surface area contributed by atoms with Crippen LogP contribution in [-0.4, -0.2) is 43.2 Å². The Hall–Kier alpha value is -2.19. The maximum atomic E-state index is 13.3. The molecular weight excluding hydrogens is 410 g/mol. The molecule has 8 heteroatoms. The molecule has 0 N–H and O–H groups in total. The van der Waals surface area contributed by atoms with Crippen molar-refractivity contribution >= 4 is 22.7 Å². The van der Waals surface area contributed by atoms with Gasteiger partial charge in [0.15, 0.2) is 11.0 Å². The first-order valence-corrected chi connectivity index (χ1v) is 11.9. The first-order chi connectivity index (χ1) is 14.8. The van der Waals surface area contributed by atoms with E-state index in [1.165, 1.54) is 11.8 Å². The Bertz CT molecular complexity index is 1050. The third-order valence-corrected chi connectivity index (χ3v) is 6.12. The SMILES string of the molecule is CC(C)Cc1noc(CSc2nc3ccccc3c(=O)n2CCN(C(C)C)C(C)C)n1. The van der Waals surface area contributed by atoms with Crippen LogP contribution in [0, 0.1) is 5.92 Å². The lowest BCUT2D eigenvalue weighted by molar-refractivity contribution is 0.166. The zero-order valence-corrected chi connectivity index (χ0v) is 20.1. The summed E-state index contributed by atoms with van der Waals surface area (Å²) < 4.78 is 7.19. The van der Waals surface area contributed by atoms with E-state index in [0.29, 0.717) is 52.2 Å². The second-order valence-electron chi connectivity index (χ2n) is 8.78. The molecule has 1 aromatic carbocycles. The Balaban J connectivity index is 1.87. The fourth-order valence-electron chi connectivity index (χ4n) is 3.71. The minimum atomic E-state index is -0.00779. The molecule has 0 aliphatic rings. The third kappa shape index (κ3) is 5.95. The van der Waals surface area contributed by atoms with Crippen molar-refractivity contribution in [3.63, 3.8) is 0 Å². The van der Waals surface area contributed by atoms with Crippen molar-refractivity contribution in [1.29, 1.82) is 0 Å². The number of rotatable bonds is 10. The predicted octanol–water partition coefficient (Wildman–Crippen LogP) is 4.39. The average molecular weight is 444 g/mol. The van der Waals surface area contributed by atoms with Crippen LogP contribution in [0.5, 0.6) is 0 Å². The second-order valence-corrected chi connectivity index (χ2v) is 9.73. The summed E-state index contributed by atoms with van der Waals surface area (Å²) in [6.45, 7) is 14.3. The normalized spacial score (nSPS) is 12.2. The molecule has 0 saturated heterocycles. The number of fused-ring (bicyclic) bond motifs is 1.